The first kappa shape index (κ1) is 15.3. The molecular formula is C18H20N2O3. The van der Waals surface area contributed by atoms with Crippen LogP contribution < -0.4 is 10.3 Å². The Labute approximate surface area is 135 Å². The zero-order valence-corrected chi connectivity index (χ0v) is 13.4. The molecule has 0 bridgehead atoms. The minimum absolute atomic E-state index is 0.0377. The lowest BCUT2D eigenvalue weighted by Gasteiger charge is -2.21. The summed E-state index contributed by atoms with van der Waals surface area (Å²) in [4.78, 5) is 26.1. The Morgan fingerprint density at radius 2 is 2.00 bits per heavy atom. The van der Waals surface area contributed by atoms with Crippen molar-refractivity contribution < 1.29 is 9.53 Å². The van der Waals surface area contributed by atoms with Gasteiger partial charge in [0.25, 0.3) is 5.91 Å². The van der Waals surface area contributed by atoms with Crippen molar-refractivity contribution in [2.24, 2.45) is 7.05 Å². The second-order valence-electron chi connectivity index (χ2n) is 5.83. The highest BCUT2D eigenvalue weighted by atomic mass is 16.5. The summed E-state index contributed by atoms with van der Waals surface area (Å²) in [6, 6.07) is 9.05. The summed E-state index contributed by atoms with van der Waals surface area (Å²) in [7, 11) is 3.32. The monoisotopic (exact) mass is 312 g/mol. The van der Waals surface area contributed by atoms with Crippen LogP contribution in [-0.4, -0.2) is 29.0 Å². The molecule has 1 aromatic heterocycles. The minimum Gasteiger partial charge on any atom is -0.497 e. The second kappa shape index (κ2) is 6.28. The first-order valence-corrected chi connectivity index (χ1v) is 7.70. The van der Waals surface area contributed by atoms with Gasteiger partial charge in [-0.15, -0.1) is 0 Å². The van der Waals surface area contributed by atoms with Crippen LogP contribution in [0.2, 0.25) is 0 Å². The minimum atomic E-state index is -0.116. The first-order chi connectivity index (χ1) is 11.1. The van der Waals surface area contributed by atoms with E-state index in [0.717, 1.165) is 24.2 Å². The largest absolute Gasteiger partial charge is 0.497 e. The fourth-order valence-electron chi connectivity index (χ4n) is 2.94. The topological polar surface area (TPSA) is 51.5 Å². The number of fused-ring (bicyclic) bond motifs is 1. The fourth-order valence-corrected chi connectivity index (χ4v) is 2.94. The number of nitrogens with zero attached hydrogens (tertiary/aromatic N) is 2. The highest BCUT2D eigenvalue weighted by Gasteiger charge is 2.21. The molecule has 1 aromatic carbocycles. The van der Waals surface area contributed by atoms with E-state index >= 15 is 0 Å². The number of hydrogen-bond acceptors (Lipinski definition) is 3. The highest BCUT2D eigenvalue weighted by Crippen LogP contribution is 2.24. The van der Waals surface area contributed by atoms with Gasteiger partial charge in [0.2, 0.25) is 5.56 Å². The Morgan fingerprint density at radius 1 is 1.17 bits per heavy atom. The fraction of sp³-hybridized carbons (Fsp3) is 0.333. The summed E-state index contributed by atoms with van der Waals surface area (Å²) in [6.07, 6.45) is 3.45. The van der Waals surface area contributed by atoms with E-state index in [1.54, 1.807) is 26.4 Å². The molecule has 0 saturated carbocycles. The number of rotatable bonds is 2. The van der Waals surface area contributed by atoms with Crippen molar-refractivity contribution in [1.82, 2.24) is 9.47 Å². The molecule has 1 aliphatic heterocycles. The number of ether oxygens (including phenoxy) is 1. The zero-order valence-electron chi connectivity index (χ0n) is 13.4. The van der Waals surface area contributed by atoms with Gasteiger partial charge in [-0.25, -0.2) is 0 Å². The lowest BCUT2D eigenvalue weighted by molar-refractivity contribution is 0.0745. The van der Waals surface area contributed by atoms with Crippen molar-refractivity contribution in [2.75, 3.05) is 13.7 Å². The number of amides is 1. The maximum atomic E-state index is 12.7. The average Bonchev–Trinajstić information content (AvgIpc) is 2.78. The molecule has 3 rings (SSSR count). The van der Waals surface area contributed by atoms with E-state index < -0.39 is 0 Å². The maximum absolute atomic E-state index is 12.7. The third-order valence-corrected chi connectivity index (χ3v) is 4.27. The molecule has 0 spiro atoms. The Hall–Kier alpha value is -2.56. The van der Waals surface area contributed by atoms with E-state index in [9.17, 15) is 9.59 Å². The van der Waals surface area contributed by atoms with Gasteiger partial charge in [0.05, 0.1) is 12.7 Å². The van der Waals surface area contributed by atoms with Crippen molar-refractivity contribution in [1.29, 1.82) is 0 Å². The number of methoxy groups -OCH3 is 1. The quantitative estimate of drug-likeness (QED) is 0.852. The van der Waals surface area contributed by atoms with Gasteiger partial charge in [0.15, 0.2) is 0 Å². The number of hydrogen-bond donors (Lipinski definition) is 0. The molecule has 0 radical (unpaired) electrons. The van der Waals surface area contributed by atoms with Crippen LogP contribution >= 0.6 is 0 Å². The maximum Gasteiger partial charge on any atom is 0.255 e. The summed E-state index contributed by atoms with van der Waals surface area (Å²) < 4.78 is 6.71. The van der Waals surface area contributed by atoms with E-state index in [1.165, 1.54) is 16.2 Å². The Bertz CT molecular complexity index is 795. The summed E-state index contributed by atoms with van der Waals surface area (Å²) in [6.45, 7) is 1.29. The third kappa shape index (κ3) is 3.13. The van der Waals surface area contributed by atoms with Crippen molar-refractivity contribution in [3.05, 3.63) is 63.6 Å². The van der Waals surface area contributed by atoms with E-state index in [2.05, 4.69) is 6.07 Å². The van der Waals surface area contributed by atoms with E-state index in [1.807, 2.05) is 17.0 Å². The average molecular weight is 312 g/mol. The van der Waals surface area contributed by atoms with Crippen molar-refractivity contribution in [3.63, 3.8) is 0 Å². The molecule has 1 aliphatic rings. The molecule has 0 aliphatic carbocycles. The smallest absolute Gasteiger partial charge is 0.255 e. The molecule has 23 heavy (non-hydrogen) atoms. The SMILES string of the molecule is COc1ccc2c(c1)CCCN(C(=O)c1ccc(=O)n(C)c1)C2. The number of aryl methyl sites for hydroxylation is 2. The number of aromatic nitrogens is 1. The number of pyridine rings is 1. The molecule has 120 valence electrons. The van der Waals surface area contributed by atoms with Crippen LogP contribution in [0.5, 0.6) is 5.75 Å². The first-order valence-electron chi connectivity index (χ1n) is 7.70. The summed E-state index contributed by atoms with van der Waals surface area (Å²) >= 11 is 0. The van der Waals surface area contributed by atoms with Crippen molar-refractivity contribution >= 4 is 5.91 Å². The van der Waals surface area contributed by atoms with Crippen LogP contribution in [0.1, 0.15) is 27.9 Å². The van der Waals surface area contributed by atoms with Gasteiger partial charge in [0.1, 0.15) is 5.75 Å². The Kier molecular flexibility index (Phi) is 4.19. The van der Waals surface area contributed by atoms with Gasteiger partial charge in [-0.1, -0.05) is 6.07 Å². The molecule has 5 heteroatoms. The third-order valence-electron chi connectivity index (χ3n) is 4.27. The van der Waals surface area contributed by atoms with Crippen LogP contribution in [0.3, 0.4) is 0 Å². The summed E-state index contributed by atoms with van der Waals surface area (Å²) in [5, 5.41) is 0. The molecular weight excluding hydrogens is 292 g/mol. The standard InChI is InChI=1S/C18H20N2O3/c1-19-11-15(6-8-17(19)21)18(22)20-9-3-4-13-10-16(23-2)7-5-14(13)12-20/h5-8,10-11H,3-4,9,12H2,1-2H3. The molecule has 1 amide bonds. The highest BCUT2D eigenvalue weighted by molar-refractivity contribution is 5.93. The molecule has 0 fully saturated rings. The van der Waals surface area contributed by atoms with Gasteiger partial charge in [-0.05, 0) is 42.2 Å². The number of benzene rings is 1. The van der Waals surface area contributed by atoms with Gasteiger partial charge in [-0.2, -0.15) is 0 Å². The van der Waals surface area contributed by atoms with Crippen molar-refractivity contribution in [3.8, 4) is 5.75 Å². The Balaban J connectivity index is 1.86. The number of carbonyl (C=O) groups is 1. The molecule has 2 aromatic rings. The molecule has 2 heterocycles. The van der Waals surface area contributed by atoms with Gasteiger partial charge in [-0.3, -0.25) is 9.59 Å². The Morgan fingerprint density at radius 3 is 2.74 bits per heavy atom. The van der Waals surface area contributed by atoms with Crippen LogP contribution in [0, 0.1) is 0 Å². The summed E-state index contributed by atoms with van der Waals surface area (Å²) in [5.41, 5.74) is 2.82. The van der Waals surface area contributed by atoms with E-state index in [-0.39, 0.29) is 11.5 Å². The lowest BCUT2D eigenvalue weighted by atomic mass is 10.0. The molecule has 5 nitrogen and oxygen atoms in total. The zero-order chi connectivity index (χ0) is 16.4. The van der Waals surface area contributed by atoms with Crippen LogP contribution in [0.25, 0.3) is 0 Å². The van der Waals surface area contributed by atoms with Crippen LogP contribution in [0.4, 0.5) is 0 Å². The number of carbonyl (C=O) groups excluding carboxylic acids is 1. The molecule has 0 saturated heterocycles. The van der Waals surface area contributed by atoms with Crippen LogP contribution in [0.15, 0.2) is 41.3 Å². The second-order valence-corrected chi connectivity index (χ2v) is 5.83. The van der Waals surface area contributed by atoms with Crippen LogP contribution in [-0.2, 0) is 20.0 Å². The predicted octanol–water partition coefficient (Wildman–Crippen LogP) is 1.98. The molecule has 0 unspecified atom stereocenters. The van der Waals surface area contributed by atoms with Gasteiger partial charge < -0.3 is 14.2 Å². The van der Waals surface area contributed by atoms with E-state index in [4.69, 9.17) is 4.74 Å². The molecule has 0 atom stereocenters. The molecule has 0 N–H and O–H groups in total. The summed E-state index contributed by atoms with van der Waals surface area (Å²) in [5.74, 6) is 0.811. The normalized spacial score (nSPS) is 14.1. The lowest BCUT2D eigenvalue weighted by Crippen LogP contribution is -2.31. The van der Waals surface area contributed by atoms with Gasteiger partial charge >= 0.3 is 0 Å². The van der Waals surface area contributed by atoms with E-state index in [0.29, 0.717) is 18.7 Å². The predicted molar refractivity (Wildman–Crippen MR) is 87.7 cm³/mol. The van der Waals surface area contributed by atoms with Gasteiger partial charge in [0, 0.05) is 32.4 Å². The van der Waals surface area contributed by atoms with Crippen molar-refractivity contribution in [2.45, 2.75) is 19.4 Å².